The van der Waals surface area contributed by atoms with Crippen molar-refractivity contribution in [3.63, 3.8) is 0 Å². The van der Waals surface area contributed by atoms with Crippen LogP contribution >= 0.6 is 0 Å². The van der Waals surface area contributed by atoms with Crippen LogP contribution in [0.1, 0.15) is 18.9 Å². The lowest BCUT2D eigenvalue weighted by atomic mass is 9.97. The Morgan fingerprint density at radius 1 is 1.17 bits per heavy atom. The Labute approximate surface area is 137 Å². The predicted octanol–water partition coefficient (Wildman–Crippen LogP) is 2.97. The van der Waals surface area contributed by atoms with Crippen molar-refractivity contribution >= 4 is 10.0 Å². The summed E-state index contributed by atoms with van der Waals surface area (Å²) in [5.41, 5.74) is 2.93. The van der Waals surface area contributed by atoms with Crippen molar-refractivity contribution in [1.29, 1.82) is 0 Å². The van der Waals surface area contributed by atoms with Crippen LogP contribution in [-0.2, 0) is 16.4 Å². The van der Waals surface area contributed by atoms with Crippen LogP contribution in [0.25, 0.3) is 11.1 Å². The highest BCUT2D eigenvalue weighted by atomic mass is 32.2. The van der Waals surface area contributed by atoms with Gasteiger partial charge in [-0.3, -0.25) is 0 Å². The van der Waals surface area contributed by atoms with Crippen LogP contribution in [0.4, 0.5) is 0 Å². The molecule has 0 fully saturated rings. The first-order valence-electron chi connectivity index (χ1n) is 7.28. The Hall–Kier alpha value is -2.29. The van der Waals surface area contributed by atoms with E-state index in [1.54, 1.807) is 12.1 Å². The Kier molecular flexibility index (Phi) is 5.43. The molecule has 0 aliphatic rings. The molecule has 2 rings (SSSR count). The zero-order valence-electron chi connectivity index (χ0n) is 13.0. The molecule has 120 valence electrons. The van der Waals surface area contributed by atoms with E-state index in [4.69, 9.17) is 16.3 Å². The quantitative estimate of drug-likeness (QED) is 0.828. The molecule has 5 heteroatoms. The van der Waals surface area contributed by atoms with Gasteiger partial charge < -0.3 is 4.74 Å². The molecule has 0 amide bonds. The first-order chi connectivity index (χ1) is 11.0. The molecule has 4 nitrogen and oxygen atoms in total. The third-order valence-corrected chi connectivity index (χ3v) is 4.32. The molecule has 0 heterocycles. The molecule has 0 bridgehead atoms. The smallest absolute Gasteiger partial charge is 0.238 e. The summed E-state index contributed by atoms with van der Waals surface area (Å²) in [6.45, 7) is 2.27. The number of benzene rings is 2. The van der Waals surface area contributed by atoms with Crippen molar-refractivity contribution in [3.8, 4) is 29.2 Å². The maximum Gasteiger partial charge on any atom is 0.238 e. The fourth-order valence-corrected chi connectivity index (χ4v) is 2.92. The lowest BCUT2D eigenvalue weighted by Gasteiger charge is -2.12. The van der Waals surface area contributed by atoms with Crippen molar-refractivity contribution in [2.45, 2.75) is 24.7 Å². The van der Waals surface area contributed by atoms with Crippen molar-refractivity contribution in [1.82, 2.24) is 0 Å². The number of hydrogen-bond acceptors (Lipinski definition) is 3. The average Bonchev–Trinajstić information content (AvgIpc) is 2.53. The third kappa shape index (κ3) is 4.35. The maximum absolute atomic E-state index is 11.5. The largest absolute Gasteiger partial charge is 0.481 e. The van der Waals surface area contributed by atoms with Crippen molar-refractivity contribution < 1.29 is 13.2 Å². The minimum Gasteiger partial charge on any atom is -0.481 e. The van der Waals surface area contributed by atoms with Gasteiger partial charge in [0.2, 0.25) is 10.0 Å². The van der Waals surface area contributed by atoms with Gasteiger partial charge in [-0.1, -0.05) is 37.5 Å². The summed E-state index contributed by atoms with van der Waals surface area (Å²) in [5, 5.41) is 5.22. The molecule has 0 radical (unpaired) electrons. The number of ether oxygens (including phenoxy) is 1. The molecule has 0 spiro atoms. The summed E-state index contributed by atoms with van der Waals surface area (Å²) in [5.74, 6) is 3.12. The minimum atomic E-state index is -3.70. The SMILES string of the molecule is C#CCOc1ccc(-c2ccc(S(N)(=O)=O)cc2CCC)cc1. The molecular weight excluding hydrogens is 310 g/mol. The van der Waals surface area contributed by atoms with E-state index in [2.05, 4.69) is 5.92 Å². The molecule has 0 aromatic heterocycles. The van der Waals surface area contributed by atoms with Gasteiger partial charge in [-0.25, -0.2) is 13.6 Å². The first kappa shape index (κ1) is 17.1. The second-order valence-electron chi connectivity index (χ2n) is 5.13. The number of terminal acetylenes is 1. The lowest BCUT2D eigenvalue weighted by molar-refractivity contribution is 0.370. The van der Waals surface area contributed by atoms with Crippen LogP contribution < -0.4 is 9.88 Å². The maximum atomic E-state index is 11.5. The molecule has 23 heavy (non-hydrogen) atoms. The molecule has 2 aromatic carbocycles. The number of hydrogen-bond donors (Lipinski definition) is 1. The molecule has 0 unspecified atom stereocenters. The molecule has 0 aliphatic heterocycles. The number of rotatable bonds is 6. The van der Waals surface area contributed by atoms with Gasteiger partial charge in [-0.15, -0.1) is 6.42 Å². The molecule has 0 atom stereocenters. The minimum absolute atomic E-state index is 0.138. The number of primary sulfonamides is 1. The van der Waals surface area contributed by atoms with E-state index in [9.17, 15) is 8.42 Å². The lowest BCUT2D eigenvalue weighted by Crippen LogP contribution is -2.12. The Morgan fingerprint density at radius 2 is 1.87 bits per heavy atom. The van der Waals surface area contributed by atoms with E-state index in [1.165, 1.54) is 6.07 Å². The normalized spacial score (nSPS) is 11.0. The summed E-state index contributed by atoms with van der Waals surface area (Å²) < 4.78 is 28.4. The Bertz CT molecular complexity index is 818. The Balaban J connectivity index is 2.40. The fraction of sp³-hybridized carbons (Fsp3) is 0.222. The molecular formula is C18H19NO3S. The van der Waals surface area contributed by atoms with E-state index >= 15 is 0 Å². The van der Waals surface area contributed by atoms with E-state index in [1.807, 2.05) is 31.2 Å². The monoisotopic (exact) mass is 329 g/mol. The highest BCUT2D eigenvalue weighted by Gasteiger charge is 2.12. The highest BCUT2D eigenvalue weighted by Crippen LogP contribution is 2.28. The van der Waals surface area contributed by atoms with Gasteiger partial charge in [0.05, 0.1) is 4.90 Å². The summed E-state index contributed by atoms with van der Waals surface area (Å²) in [6, 6.07) is 12.5. The van der Waals surface area contributed by atoms with Crippen molar-refractivity contribution in [2.75, 3.05) is 6.61 Å². The second kappa shape index (κ2) is 7.32. The number of aryl methyl sites for hydroxylation is 1. The van der Waals surface area contributed by atoms with E-state index in [-0.39, 0.29) is 11.5 Å². The Morgan fingerprint density at radius 3 is 2.43 bits per heavy atom. The van der Waals surface area contributed by atoms with Crippen molar-refractivity contribution in [3.05, 3.63) is 48.0 Å². The van der Waals surface area contributed by atoms with E-state index in [0.29, 0.717) is 5.75 Å². The summed E-state index contributed by atoms with van der Waals surface area (Å²) >= 11 is 0. The van der Waals surface area contributed by atoms with Gasteiger partial charge in [0.15, 0.2) is 0 Å². The molecule has 0 aliphatic carbocycles. The average molecular weight is 329 g/mol. The molecule has 2 aromatic rings. The van der Waals surface area contributed by atoms with Gasteiger partial charge in [-0.2, -0.15) is 0 Å². The number of nitrogens with two attached hydrogens (primary N) is 1. The van der Waals surface area contributed by atoms with Crippen molar-refractivity contribution in [2.24, 2.45) is 5.14 Å². The van der Waals surface area contributed by atoms with E-state index in [0.717, 1.165) is 29.5 Å². The van der Waals surface area contributed by atoms with Gasteiger partial charge in [0.1, 0.15) is 12.4 Å². The molecule has 2 N–H and O–H groups in total. The summed E-state index contributed by atoms with van der Waals surface area (Å²) in [6.07, 6.45) is 6.84. The van der Waals surface area contributed by atoms with E-state index < -0.39 is 10.0 Å². The van der Waals surface area contributed by atoms with Gasteiger partial charge >= 0.3 is 0 Å². The molecule has 0 saturated heterocycles. The fourth-order valence-electron chi connectivity index (χ4n) is 2.36. The number of sulfonamides is 1. The van der Waals surface area contributed by atoms with Gasteiger partial charge in [0, 0.05) is 0 Å². The highest BCUT2D eigenvalue weighted by molar-refractivity contribution is 7.89. The summed E-state index contributed by atoms with van der Waals surface area (Å²) in [4.78, 5) is 0.138. The van der Waals surface area contributed by atoms with Crippen LogP contribution in [0.15, 0.2) is 47.4 Å². The zero-order valence-corrected chi connectivity index (χ0v) is 13.8. The van der Waals surface area contributed by atoms with Crippen LogP contribution in [0, 0.1) is 12.3 Å². The van der Waals surface area contributed by atoms with Crippen LogP contribution in [-0.4, -0.2) is 15.0 Å². The summed E-state index contributed by atoms with van der Waals surface area (Å²) in [7, 11) is -3.70. The van der Waals surface area contributed by atoms with Gasteiger partial charge in [0.25, 0.3) is 0 Å². The molecule has 0 saturated carbocycles. The van der Waals surface area contributed by atoms with Crippen LogP contribution in [0.3, 0.4) is 0 Å². The first-order valence-corrected chi connectivity index (χ1v) is 8.82. The second-order valence-corrected chi connectivity index (χ2v) is 6.69. The zero-order chi connectivity index (χ0) is 16.9. The van der Waals surface area contributed by atoms with Crippen LogP contribution in [0.2, 0.25) is 0 Å². The van der Waals surface area contributed by atoms with Gasteiger partial charge in [-0.05, 0) is 47.4 Å². The predicted molar refractivity (Wildman–Crippen MR) is 91.6 cm³/mol. The standard InChI is InChI=1S/C18H19NO3S/c1-3-5-15-13-17(23(19,20)21)10-11-18(15)14-6-8-16(9-7-14)22-12-4-2/h2,6-11,13H,3,5,12H2,1H3,(H2,19,20,21). The van der Waals surface area contributed by atoms with Crippen LogP contribution in [0.5, 0.6) is 5.75 Å². The topological polar surface area (TPSA) is 69.4 Å². The third-order valence-electron chi connectivity index (χ3n) is 3.41.